The Labute approximate surface area is 229 Å². The fourth-order valence-corrected chi connectivity index (χ4v) is 6.31. The molecule has 1 fully saturated rings. The highest BCUT2D eigenvalue weighted by atomic mass is 32.2. The van der Waals surface area contributed by atoms with Gasteiger partial charge in [0.15, 0.2) is 0 Å². The molecule has 3 aromatic carbocycles. The van der Waals surface area contributed by atoms with Gasteiger partial charge in [0.2, 0.25) is 0 Å². The van der Waals surface area contributed by atoms with Crippen LogP contribution in [0.3, 0.4) is 0 Å². The molecule has 9 heteroatoms. The first-order valence-corrected chi connectivity index (χ1v) is 15.0. The molecule has 1 saturated heterocycles. The van der Waals surface area contributed by atoms with Gasteiger partial charge in [0.25, 0.3) is 15.9 Å². The number of piperazine rings is 1. The van der Waals surface area contributed by atoms with E-state index in [1.165, 1.54) is 16.6 Å². The molecule has 0 atom stereocenters. The van der Waals surface area contributed by atoms with E-state index in [4.69, 9.17) is 0 Å². The molecule has 0 radical (unpaired) electrons. The number of hydrogen-bond donors (Lipinski definition) is 1. The Hall–Kier alpha value is -3.56. The molecule has 4 rings (SSSR count). The maximum atomic E-state index is 13.1. The van der Waals surface area contributed by atoms with E-state index in [-0.39, 0.29) is 10.8 Å². The molecule has 0 unspecified atom stereocenters. The van der Waals surface area contributed by atoms with Crippen LogP contribution in [0.25, 0.3) is 6.08 Å². The van der Waals surface area contributed by atoms with Crippen LogP contribution in [0, 0.1) is 0 Å². The number of carbonyl (C=O) groups is 1. The fourth-order valence-electron chi connectivity index (χ4n) is 4.40. The van der Waals surface area contributed by atoms with Gasteiger partial charge in [-0.25, -0.2) is 8.42 Å². The highest BCUT2D eigenvalue weighted by Crippen LogP contribution is 2.31. The molecule has 1 heterocycles. The van der Waals surface area contributed by atoms with E-state index in [9.17, 15) is 13.2 Å². The van der Waals surface area contributed by atoms with Crippen molar-refractivity contribution in [3.8, 4) is 0 Å². The number of nitrogens with one attached hydrogen (secondary N) is 1. The molecule has 7 nitrogen and oxygen atoms in total. The van der Waals surface area contributed by atoms with E-state index in [1.54, 1.807) is 42.5 Å². The molecule has 1 aliphatic heterocycles. The summed E-state index contributed by atoms with van der Waals surface area (Å²) in [5.74, 6) is 0.983. The van der Waals surface area contributed by atoms with Gasteiger partial charge in [-0.05, 0) is 74.0 Å². The van der Waals surface area contributed by atoms with Crippen molar-refractivity contribution in [1.82, 2.24) is 4.90 Å². The molecule has 1 N–H and O–H groups in total. The topological polar surface area (TPSA) is 82.1 Å². The molecule has 1 amide bonds. The van der Waals surface area contributed by atoms with Crippen molar-refractivity contribution in [3.05, 3.63) is 83.9 Å². The molecule has 3 aromatic rings. The predicted molar refractivity (Wildman–Crippen MR) is 159 cm³/mol. The molecular formula is C29H32N4O3S2. The van der Waals surface area contributed by atoms with E-state index in [1.807, 2.05) is 29.7 Å². The van der Waals surface area contributed by atoms with Crippen LogP contribution >= 0.6 is 11.8 Å². The summed E-state index contributed by atoms with van der Waals surface area (Å²) in [5.41, 5.74) is 3.01. The number of nitrogens with zero attached hydrogens (tertiary/aromatic N) is 3. The third-order valence-corrected chi connectivity index (χ3v) is 8.59. The summed E-state index contributed by atoms with van der Waals surface area (Å²) in [6, 6.07) is 20.0. The van der Waals surface area contributed by atoms with E-state index >= 15 is 0 Å². The van der Waals surface area contributed by atoms with Gasteiger partial charge in [0, 0.05) is 53.6 Å². The van der Waals surface area contributed by atoms with Gasteiger partial charge in [0.1, 0.15) is 4.90 Å². The summed E-state index contributed by atoms with van der Waals surface area (Å²) >= 11 is 1.82. The second-order valence-corrected chi connectivity index (χ2v) is 11.7. The molecule has 0 saturated carbocycles. The van der Waals surface area contributed by atoms with Crippen LogP contribution in [0.5, 0.6) is 0 Å². The second kappa shape index (κ2) is 12.3. The lowest BCUT2D eigenvalue weighted by Crippen LogP contribution is -2.48. The lowest BCUT2D eigenvalue weighted by Gasteiger charge is -2.36. The van der Waals surface area contributed by atoms with Crippen LogP contribution in [-0.2, 0) is 10.0 Å². The molecule has 0 spiro atoms. The minimum Gasteiger partial charge on any atom is -0.368 e. The number of sulfonamides is 1. The molecule has 0 aromatic heterocycles. The van der Waals surface area contributed by atoms with Crippen LogP contribution in [-0.4, -0.2) is 57.9 Å². The van der Waals surface area contributed by atoms with E-state index in [0.29, 0.717) is 35.6 Å². The van der Waals surface area contributed by atoms with Gasteiger partial charge in [-0.15, -0.1) is 11.8 Å². The Balaban J connectivity index is 1.39. The zero-order valence-electron chi connectivity index (χ0n) is 21.6. The summed E-state index contributed by atoms with van der Waals surface area (Å²) in [4.78, 5) is 22.5. The summed E-state index contributed by atoms with van der Waals surface area (Å²) in [5, 5.41) is 0. The van der Waals surface area contributed by atoms with Crippen molar-refractivity contribution in [2.24, 2.45) is 4.99 Å². The van der Waals surface area contributed by atoms with Gasteiger partial charge < -0.3 is 9.80 Å². The Bertz CT molecular complexity index is 1410. The lowest BCUT2D eigenvalue weighted by molar-refractivity contribution is 0.0747. The van der Waals surface area contributed by atoms with Gasteiger partial charge in [-0.3, -0.25) is 14.5 Å². The fraction of sp³-hybridized carbons (Fsp3) is 0.241. The van der Waals surface area contributed by atoms with E-state index in [0.717, 1.165) is 18.8 Å². The van der Waals surface area contributed by atoms with Gasteiger partial charge in [-0.1, -0.05) is 31.2 Å². The van der Waals surface area contributed by atoms with Crippen LogP contribution < -0.4 is 9.62 Å². The highest BCUT2D eigenvalue weighted by Gasteiger charge is 2.23. The maximum absolute atomic E-state index is 13.1. The van der Waals surface area contributed by atoms with Gasteiger partial charge in [-0.2, -0.15) is 0 Å². The molecule has 1 aliphatic rings. The largest absolute Gasteiger partial charge is 0.368 e. The van der Waals surface area contributed by atoms with Crippen LogP contribution in [0.4, 0.5) is 17.1 Å². The maximum Gasteiger partial charge on any atom is 0.264 e. The first-order valence-electron chi connectivity index (χ1n) is 12.5. The smallest absolute Gasteiger partial charge is 0.264 e. The monoisotopic (exact) mass is 548 g/mol. The Morgan fingerprint density at radius 2 is 1.71 bits per heavy atom. The number of rotatable bonds is 9. The number of carbonyl (C=O) groups excluding carboxylic acids is 1. The first-order chi connectivity index (χ1) is 18.4. The Morgan fingerprint density at radius 3 is 2.32 bits per heavy atom. The molecule has 38 heavy (non-hydrogen) atoms. The number of anilines is 2. The number of benzene rings is 3. The standard InChI is InChI=1S/C29H32N4O3S2/c1-4-7-22-8-6-9-27(28(22)30-3)38(35,36)31-24-12-10-23(11-13-24)29(34)33-20-18-32(19-21-33)25-14-16-26(17-15-25)37-5-2/h4,6-17,31H,3,5,18-21H2,1-2H3/b7-4-. The summed E-state index contributed by atoms with van der Waals surface area (Å²) < 4.78 is 28.8. The summed E-state index contributed by atoms with van der Waals surface area (Å²) in [6.45, 7) is 10.3. The van der Waals surface area contributed by atoms with Crippen LogP contribution in [0.15, 0.2) is 87.6 Å². The van der Waals surface area contributed by atoms with Crippen molar-refractivity contribution < 1.29 is 13.2 Å². The normalized spacial score (nSPS) is 14.1. The second-order valence-electron chi connectivity index (χ2n) is 8.74. The van der Waals surface area contributed by atoms with Crippen molar-refractivity contribution >= 4 is 57.5 Å². The van der Waals surface area contributed by atoms with E-state index in [2.05, 4.69) is 52.5 Å². The molecular weight excluding hydrogens is 516 g/mol. The van der Waals surface area contributed by atoms with Gasteiger partial charge in [0.05, 0.1) is 5.69 Å². The van der Waals surface area contributed by atoms with E-state index < -0.39 is 10.0 Å². The third kappa shape index (κ3) is 6.28. The minimum absolute atomic E-state index is 0.0416. The van der Waals surface area contributed by atoms with Gasteiger partial charge >= 0.3 is 0 Å². The zero-order chi connectivity index (χ0) is 27.1. The minimum atomic E-state index is -3.91. The number of hydrogen-bond acceptors (Lipinski definition) is 6. The van der Waals surface area contributed by atoms with Crippen LogP contribution in [0.2, 0.25) is 0 Å². The molecule has 198 valence electrons. The number of aliphatic imine (C=N–C) groups is 1. The summed E-state index contributed by atoms with van der Waals surface area (Å²) in [7, 11) is -3.91. The van der Waals surface area contributed by atoms with Crippen LogP contribution in [0.1, 0.15) is 29.8 Å². The molecule has 0 aliphatic carbocycles. The average Bonchev–Trinajstić information content (AvgIpc) is 2.94. The molecule has 0 bridgehead atoms. The van der Waals surface area contributed by atoms with Crippen molar-refractivity contribution in [3.63, 3.8) is 0 Å². The lowest BCUT2D eigenvalue weighted by atomic mass is 10.1. The van der Waals surface area contributed by atoms with Crippen molar-refractivity contribution in [2.75, 3.05) is 41.6 Å². The average molecular weight is 549 g/mol. The number of thioether (sulfide) groups is 1. The Kier molecular flexibility index (Phi) is 8.91. The first kappa shape index (κ1) is 27.5. The zero-order valence-corrected chi connectivity index (χ0v) is 23.3. The van der Waals surface area contributed by atoms with Crippen molar-refractivity contribution in [2.45, 2.75) is 23.6 Å². The number of para-hydroxylation sites is 1. The summed E-state index contributed by atoms with van der Waals surface area (Å²) in [6.07, 6.45) is 3.60. The predicted octanol–water partition coefficient (Wildman–Crippen LogP) is 5.93. The Morgan fingerprint density at radius 1 is 1.03 bits per heavy atom. The quantitative estimate of drug-likeness (QED) is 0.265. The highest BCUT2D eigenvalue weighted by molar-refractivity contribution is 7.99. The van der Waals surface area contributed by atoms with Crippen molar-refractivity contribution in [1.29, 1.82) is 0 Å². The number of amides is 1. The number of allylic oxidation sites excluding steroid dienone is 1. The third-order valence-electron chi connectivity index (χ3n) is 6.29. The SMILES string of the molecule is C=Nc1c(/C=C\C)cccc1S(=O)(=O)Nc1ccc(C(=O)N2CCN(c3ccc(SCC)cc3)CC2)cc1.